The molecule has 2 aromatic rings. The Morgan fingerprint density at radius 1 is 1.09 bits per heavy atom. The molecule has 1 atom stereocenters. The lowest BCUT2D eigenvalue weighted by atomic mass is 9.74. The molecule has 1 heterocycles. The van der Waals surface area contributed by atoms with E-state index in [1.807, 2.05) is 19.1 Å². The van der Waals surface area contributed by atoms with Crippen LogP contribution in [0, 0.1) is 0 Å². The minimum absolute atomic E-state index is 0.394. The zero-order valence-corrected chi connectivity index (χ0v) is 19.3. The summed E-state index contributed by atoms with van der Waals surface area (Å²) < 4.78 is 43.1. The molecule has 0 aliphatic carbocycles. The summed E-state index contributed by atoms with van der Waals surface area (Å²) in [4.78, 5) is 13.3. The molecule has 1 unspecified atom stereocenters. The third-order valence-corrected chi connectivity index (χ3v) is 5.97. The first-order valence-corrected chi connectivity index (χ1v) is 10.8. The Balaban J connectivity index is 1.98. The summed E-state index contributed by atoms with van der Waals surface area (Å²) in [7, 11) is 1.46. The van der Waals surface area contributed by atoms with Gasteiger partial charge in [-0.25, -0.2) is 4.79 Å². The molecule has 0 radical (unpaired) electrons. The number of hydrogen-bond donors (Lipinski definition) is 3. The molecular weight excluding hydrogens is 431 g/mol. The molecule has 0 saturated heterocycles. The van der Waals surface area contributed by atoms with Gasteiger partial charge in [0.1, 0.15) is 0 Å². The van der Waals surface area contributed by atoms with Gasteiger partial charge in [-0.3, -0.25) is 0 Å². The first-order chi connectivity index (χ1) is 15.4. The van der Waals surface area contributed by atoms with Gasteiger partial charge in [0.15, 0.2) is 5.60 Å². The fraction of sp³-hybridized carbons (Fsp3) is 0.400. The second kappa shape index (κ2) is 9.09. The number of allylic oxidation sites excluding steroid dienone is 1. The van der Waals surface area contributed by atoms with Gasteiger partial charge >= 0.3 is 12.2 Å². The number of fused-ring (bicyclic) bond motifs is 1. The molecule has 3 N–H and O–H groups in total. The molecular formula is C25H30F3N3O2. The number of alkyl halides is 3. The van der Waals surface area contributed by atoms with Crippen molar-refractivity contribution in [3.8, 4) is 0 Å². The Hall–Kier alpha value is -3.00. The van der Waals surface area contributed by atoms with E-state index in [0.717, 1.165) is 11.1 Å². The van der Waals surface area contributed by atoms with Crippen molar-refractivity contribution in [3.05, 3.63) is 71.4 Å². The van der Waals surface area contributed by atoms with Gasteiger partial charge in [-0.2, -0.15) is 13.2 Å². The van der Waals surface area contributed by atoms with Crippen LogP contribution in [0.25, 0.3) is 0 Å². The van der Waals surface area contributed by atoms with E-state index in [1.54, 1.807) is 56.4 Å². The van der Waals surface area contributed by atoms with Crippen molar-refractivity contribution in [2.75, 3.05) is 23.8 Å². The fourth-order valence-electron chi connectivity index (χ4n) is 4.47. The lowest BCUT2D eigenvalue weighted by molar-refractivity contribution is -0.262. The number of nitrogens with zero attached hydrogens (tertiary/aromatic N) is 1. The van der Waals surface area contributed by atoms with Crippen LogP contribution in [-0.4, -0.2) is 36.5 Å². The van der Waals surface area contributed by atoms with Crippen molar-refractivity contribution < 1.29 is 23.1 Å². The van der Waals surface area contributed by atoms with Crippen LogP contribution in [0.15, 0.2) is 60.3 Å². The van der Waals surface area contributed by atoms with Crippen LogP contribution in [0.2, 0.25) is 0 Å². The Labute approximate surface area is 192 Å². The second-order valence-corrected chi connectivity index (χ2v) is 9.25. The van der Waals surface area contributed by atoms with E-state index < -0.39 is 36.2 Å². The molecule has 1 aliphatic rings. The van der Waals surface area contributed by atoms with Crippen molar-refractivity contribution in [1.29, 1.82) is 0 Å². The molecule has 2 amide bonds. The molecule has 0 spiro atoms. The average Bonchev–Trinajstić information content (AvgIpc) is 2.72. The number of rotatable bonds is 6. The Morgan fingerprint density at radius 3 is 2.39 bits per heavy atom. The maximum atomic E-state index is 14.4. The summed E-state index contributed by atoms with van der Waals surface area (Å²) in [5, 5.41) is 16.2. The van der Waals surface area contributed by atoms with E-state index >= 15 is 0 Å². The summed E-state index contributed by atoms with van der Waals surface area (Å²) in [6.07, 6.45) is -3.14. The van der Waals surface area contributed by atoms with E-state index in [9.17, 15) is 23.1 Å². The molecule has 33 heavy (non-hydrogen) atoms. The Kier molecular flexibility index (Phi) is 6.79. The lowest BCUT2D eigenvalue weighted by Crippen LogP contribution is -2.56. The monoisotopic (exact) mass is 461 g/mol. The summed E-state index contributed by atoms with van der Waals surface area (Å²) in [5.41, 5.74) is -0.731. The van der Waals surface area contributed by atoms with Crippen molar-refractivity contribution >= 4 is 17.4 Å². The van der Waals surface area contributed by atoms with Crippen molar-refractivity contribution in [2.45, 2.75) is 50.8 Å². The predicted octanol–water partition coefficient (Wildman–Crippen LogP) is 5.37. The molecule has 2 aromatic carbocycles. The number of β-amino-alcohol motifs (C(OH)–C–C–N with tert-alkyl or cyclic N) is 1. The third kappa shape index (κ3) is 5.33. The average molecular weight is 462 g/mol. The quantitative estimate of drug-likeness (QED) is 0.542. The van der Waals surface area contributed by atoms with Crippen molar-refractivity contribution in [3.63, 3.8) is 0 Å². The number of carbonyl (C=O) groups excluding carboxylic acids is 1. The van der Waals surface area contributed by atoms with E-state index in [0.29, 0.717) is 23.4 Å². The van der Waals surface area contributed by atoms with E-state index in [1.165, 1.54) is 11.9 Å². The van der Waals surface area contributed by atoms with Gasteiger partial charge < -0.3 is 20.6 Å². The van der Waals surface area contributed by atoms with E-state index in [4.69, 9.17) is 0 Å². The third-order valence-electron chi connectivity index (χ3n) is 5.97. The van der Waals surface area contributed by atoms with Crippen molar-refractivity contribution in [1.82, 2.24) is 5.32 Å². The van der Waals surface area contributed by atoms with Crippen LogP contribution in [0.5, 0.6) is 0 Å². The van der Waals surface area contributed by atoms with Crippen LogP contribution in [-0.2, 0) is 11.8 Å². The number of amides is 2. The SMILES string of the molecule is CNC(=O)Nc1ccccc1C(C)(C)CC(O)(CN1C=C(C)Cc2ccccc21)C(F)(F)F. The molecule has 1 aliphatic heterocycles. The lowest BCUT2D eigenvalue weighted by Gasteiger charge is -2.42. The maximum Gasteiger partial charge on any atom is 0.418 e. The zero-order valence-electron chi connectivity index (χ0n) is 19.3. The molecule has 5 nitrogen and oxygen atoms in total. The van der Waals surface area contributed by atoms with Crippen LogP contribution >= 0.6 is 0 Å². The normalized spacial score (nSPS) is 15.9. The number of carbonyl (C=O) groups is 1. The number of para-hydroxylation sites is 2. The van der Waals surface area contributed by atoms with Gasteiger partial charge in [0.2, 0.25) is 0 Å². The molecule has 178 valence electrons. The van der Waals surface area contributed by atoms with E-state index in [-0.39, 0.29) is 0 Å². The first-order valence-electron chi connectivity index (χ1n) is 10.8. The van der Waals surface area contributed by atoms with Gasteiger partial charge in [-0.1, -0.05) is 55.8 Å². The number of aliphatic hydroxyl groups is 1. The second-order valence-electron chi connectivity index (χ2n) is 9.25. The Morgan fingerprint density at radius 2 is 1.73 bits per heavy atom. The fourth-order valence-corrected chi connectivity index (χ4v) is 4.47. The van der Waals surface area contributed by atoms with Gasteiger partial charge in [0.05, 0.1) is 6.54 Å². The standard InChI is InChI=1S/C25H30F3N3O2/c1-17-13-18-9-5-8-12-21(18)31(14-17)16-24(33,25(26,27)28)15-23(2,3)19-10-6-7-11-20(19)30-22(32)29-4/h5-12,14,33H,13,15-16H2,1-4H3,(H2,29,30,32). The number of urea groups is 1. The molecule has 0 aromatic heterocycles. The maximum absolute atomic E-state index is 14.4. The van der Waals surface area contributed by atoms with Crippen molar-refractivity contribution in [2.24, 2.45) is 0 Å². The highest BCUT2D eigenvalue weighted by atomic mass is 19.4. The summed E-state index contributed by atoms with van der Waals surface area (Å²) in [6.45, 7) is 4.50. The summed E-state index contributed by atoms with van der Waals surface area (Å²) in [6, 6.07) is 13.5. The van der Waals surface area contributed by atoms with Crippen LogP contribution in [0.4, 0.5) is 29.3 Å². The van der Waals surface area contributed by atoms with Crippen LogP contribution < -0.4 is 15.5 Å². The number of halogens is 3. The first kappa shape index (κ1) is 24.6. The molecule has 0 fully saturated rings. The smallest absolute Gasteiger partial charge is 0.379 e. The van der Waals surface area contributed by atoms with Crippen LogP contribution in [0.1, 0.15) is 38.3 Å². The summed E-state index contributed by atoms with van der Waals surface area (Å²) >= 11 is 0. The number of anilines is 2. The van der Waals surface area contributed by atoms with E-state index in [2.05, 4.69) is 10.6 Å². The largest absolute Gasteiger partial charge is 0.418 e. The Bertz CT molecular complexity index is 1050. The highest BCUT2D eigenvalue weighted by Gasteiger charge is 2.57. The topological polar surface area (TPSA) is 64.6 Å². The minimum Gasteiger partial charge on any atom is -0.379 e. The highest BCUT2D eigenvalue weighted by molar-refractivity contribution is 5.90. The highest BCUT2D eigenvalue weighted by Crippen LogP contribution is 2.44. The summed E-state index contributed by atoms with van der Waals surface area (Å²) in [5.74, 6) is 0. The number of hydrogen-bond acceptors (Lipinski definition) is 3. The minimum atomic E-state index is -4.87. The predicted molar refractivity (Wildman–Crippen MR) is 124 cm³/mol. The number of benzene rings is 2. The molecule has 3 rings (SSSR count). The van der Waals surface area contributed by atoms with Gasteiger partial charge in [0, 0.05) is 24.6 Å². The molecule has 0 saturated carbocycles. The van der Waals surface area contributed by atoms with Gasteiger partial charge in [-0.15, -0.1) is 0 Å². The molecule has 8 heteroatoms. The van der Waals surface area contributed by atoms with Gasteiger partial charge in [-0.05, 0) is 48.4 Å². The van der Waals surface area contributed by atoms with Crippen LogP contribution in [0.3, 0.4) is 0 Å². The van der Waals surface area contributed by atoms with Gasteiger partial charge in [0.25, 0.3) is 0 Å². The zero-order chi connectivity index (χ0) is 24.4. The molecule has 0 bridgehead atoms. The number of nitrogens with one attached hydrogen (secondary N) is 2.